The van der Waals surface area contributed by atoms with Crippen LogP contribution >= 0.6 is 12.2 Å². The van der Waals surface area contributed by atoms with E-state index in [4.69, 9.17) is 36.3 Å². The molecule has 3 aliphatic rings. The van der Waals surface area contributed by atoms with E-state index in [0.717, 1.165) is 81.5 Å². The number of methoxy groups -OCH3 is 2. The average molecular weight is 626 g/mol. The highest BCUT2D eigenvalue weighted by molar-refractivity contribution is 7.80. The molecular weight excluding hydrogens is 587 g/mol. The van der Waals surface area contributed by atoms with Gasteiger partial charge in [0, 0.05) is 30.6 Å². The van der Waals surface area contributed by atoms with Gasteiger partial charge in [0.25, 0.3) is 0 Å². The number of halogens is 3. The second-order valence-corrected chi connectivity index (χ2v) is 11.3. The van der Waals surface area contributed by atoms with E-state index in [1.54, 1.807) is 14.2 Å². The Bertz CT molecular complexity index is 1260. The lowest BCUT2D eigenvalue weighted by Crippen LogP contribution is -2.52. The lowest BCUT2D eigenvalue weighted by Gasteiger charge is -2.45. The van der Waals surface area contributed by atoms with Crippen LogP contribution in [0.5, 0.6) is 11.5 Å². The number of carbonyl (C=O) groups is 1. The predicted molar refractivity (Wildman–Crippen MR) is 160 cm³/mol. The number of benzene rings is 1. The number of likely N-dealkylation sites (N-methyl/N-ethyl adjacent to an activating group) is 1. The van der Waals surface area contributed by atoms with Crippen molar-refractivity contribution in [3.63, 3.8) is 0 Å². The van der Waals surface area contributed by atoms with Crippen molar-refractivity contribution in [2.45, 2.75) is 49.4 Å². The smallest absolute Gasteiger partial charge is 0.490 e. The van der Waals surface area contributed by atoms with Gasteiger partial charge in [0.15, 0.2) is 16.6 Å². The Morgan fingerprint density at radius 2 is 1.81 bits per heavy atom. The molecule has 1 saturated carbocycles. The largest absolute Gasteiger partial charge is 0.493 e. The Morgan fingerprint density at radius 3 is 2.42 bits per heavy atom. The maximum Gasteiger partial charge on any atom is 0.490 e. The first-order valence-corrected chi connectivity index (χ1v) is 14.5. The predicted octanol–water partition coefficient (Wildman–Crippen LogP) is 4.05. The number of thiocarbonyl (C=S) groups is 1. The maximum absolute atomic E-state index is 10.6. The van der Waals surface area contributed by atoms with Crippen LogP contribution in [0.3, 0.4) is 0 Å². The molecule has 3 fully saturated rings. The number of ether oxygens (including phenoxy) is 3. The van der Waals surface area contributed by atoms with Gasteiger partial charge in [-0.3, -0.25) is 0 Å². The van der Waals surface area contributed by atoms with E-state index in [0.29, 0.717) is 17.2 Å². The molecule has 0 radical (unpaired) electrons. The minimum atomic E-state index is -5.08. The molecule has 14 heteroatoms. The van der Waals surface area contributed by atoms with Crippen LogP contribution in [-0.2, 0) is 14.9 Å². The zero-order chi connectivity index (χ0) is 31.2. The number of hydrogen-bond acceptors (Lipinski definition) is 8. The van der Waals surface area contributed by atoms with E-state index in [9.17, 15) is 13.2 Å². The molecule has 0 spiro atoms. The minimum absolute atomic E-state index is 0.126. The number of alkyl halides is 3. The third-order valence-corrected chi connectivity index (χ3v) is 8.62. The summed E-state index contributed by atoms with van der Waals surface area (Å²) in [7, 11) is 5.64. The van der Waals surface area contributed by atoms with Gasteiger partial charge in [-0.2, -0.15) is 13.2 Å². The van der Waals surface area contributed by atoms with Gasteiger partial charge < -0.3 is 39.8 Å². The number of aliphatic carboxylic acids is 1. The topological polar surface area (TPSA) is 108 Å². The van der Waals surface area contributed by atoms with Gasteiger partial charge in [0.2, 0.25) is 0 Å². The third kappa shape index (κ3) is 7.78. The SMILES string of the molecule is COc1ccc(C23CCC(NC(=S)Nc4ccc(N5CCOCC5)nc4)CC2N(C)CC3)cc1OC.O=C(O)C(F)(F)F. The van der Waals surface area contributed by atoms with Gasteiger partial charge in [-0.1, -0.05) is 6.07 Å². The lowest BCUT2D eigenvalue weighted by molar-refractivity contribution is -0.192. The summed E-state index contributed by atoms with van der Waals surface area (Å²) in [5.74, 6) is -0.199. The minimum Gasteiger partial charge on any atom is -0.493 e. The molecule has 2 saturated heterocycles. The van der Waals surface area contributed by atoms with Crippen molar-refractivity contribution in [1.82, 2.24) is 15.2 Å². The lowest BCUT2D eigenvalue weighted by atomic mass is 9.65. The fourth-order valence-electron chi connectivity index (χ4n) is 6.19. The molecule has 1 aliphatic carbocycles. The van der Waals surface area contributed by atoms with Gasteiger partial charge in [-0.15, -0.1) is 0 Å². The molecule has 10 nitrogen and oxygen atoms in total. The Kier molecular flexibility index (Phi) is 10.6. The second kappa shape index (κ2) is 14.0. The van der Waals surface area contributed by atoms with E-state index in [1.165, 1.54) is 5.56 Å². The summed E-state index contributed by atoms with van der Waals surface area (Å²) < 4.78 is 48.3. The van der Waals surface area contributed by atoms with Crippen LogP contribution in [0.1, 0.15) is 31.2 Å². The van der Waals surface area contributed by atoms with Crippen LogP contribution in [0, 0.1) is 0 Å². The van der Waals surface area contributed by atoms with Crippen LogP contribution in [-0.4, -0.2) is 98.4 Å². The first kappa shape index (κ1) is 32.6. The van der Waals surface area contributed by atoms with Crippen molar-refractivity contribution in [3.8, 4) is 11.5 Å². The van der Waals surface area contributed by atoms with Crippen molar-refractivity contribution < 1.29 is 37.3 Å². The number of carboxylic acid groups (broad SMARTS) is 1. The molecule has 3 N–H and O–H groups in total. The molecule has 3 heterocycles. The standard InChI is InChI=1S/C27H37N5O3S.C2HF3O2/c1-31-11-10-27(19-4-6-22(33-2)23(16-19)34-3)9-8-20(17-24(27)31)29-26(36)30-21-5-7-25(28-18-21)32-12-14-35-15-13-32;3-2(4,5)1(6)7/h4-7,16,18,20,24H,8-15,17H2,1-3H3,(H2,29,30,36);(H,6,7). The van der Waals surface area contributed by atoms with Crippen LogP contribution in [0.4, 0.5) is 24.7 Å². The zero-order valence-corrected chi connectivity index (χ0v) is 25.3. The highest BCUT2D eigenvalue weighted by Gasteiger charge is 2.50. The van der Waals surface area contributed by atoms with Crippen LogP contribution in [0.25, 0.3) is 0 Å². The average Bonchev–Trinajstić information content (AvgIpc) is 3.34. The summed E-state index contributed by atoms with van der Waals surface area (Å²) in [5.41, 5.74) is 2.37. The van der Waals surface area contributed by atoms with Gasteiger partial charge in [-0.05, 0) is 81.3 Å². The number of rotatable bonds is 6. The highest BCUT2D eigenvalue weighted by Crippen LogP contribution is 2.49. The number of pyridine rings is 1. The molecule has 5 rings (SSSR count). The fourth-order valence-corrected chi connectivity index (χ4v) is 6.47. The molecule has 0 bridgehead atoms. The number of nitrogens with one attached hydrogen (secondary N) is 2. The molecule has 1 aromatic carbocycles. The summed E-state index contributed by atoms with van der Waals surface area (Å²) in [6.07, 6.45) is 1.13. The van der Waals surface area contributed by atoms with Gasteiger partial charge in [0.05, 0.1) is 39.3 Å². The van der Waals surface area contributed by atoms with Crippen molar-refractivity contribution in [1.29, 1.82) is 0 Å². The number of likely N-dealkylation sites (tertiary alicyclic amines) is 1. The van der Waals surface area contributed by atoms with Gasteiger partial charge in [0.1, 0.15) is 5.82 Å². The first-order chi connectivity index (χ1) is 20.5. The molecule has 0 amide bonds. The Morgan fingerprint density at radius 1 is 1.12 bits per heavy atom. The molecule has 3 atom stereocenters. The summed E-state index contributed by atoms with van der Waals surface area (Å²) in [6, 6.07) is 11.3. The summed E-state index contributed by atoms with van der Waals surface area (Å²) >= 11 is 5.68. The van der Waals surface area contributed by atoms with Crippen molar-refractivity contribution in [2.24, 2.45) is 0 Å². The summed E-state index contributed by atoms with van der Waals surface area (Å²) in [4.78, 5) is 18.3. The molecule has 2 aliphatic heterocycles. The highest BCUT2D eigenvalue weighted by atomic mass is 32.1. The Balaban J connectivity index is 0.000000541. The normalized spacial score (nSPS) is 23.8. The van der Waals surface area contributed by atoms with E-state index in [2.05, 4.69) is 44.6 Å². The zero-order valence-electron chi connectivity index (χ0n) is 24.4. The van der Waals surface area contributed by atoms with E-state index in [1.807, 2.05) is 24.4 Å². The number of morpholine rings is 1. The number of nitrogens with zero attached hydrogens (tertiary/aromatic N) is 3. The number of hydrogen-bond donors (Lipinski definition) is 3. The second-order valence-electron chi connectivity index (χ2n) is 10.8. The van der Waals surface area contributed by atoms with E-state index in [-0.39, 0.29) is 5.41 Å². The van der Waals surface area contributed by atoms with Crippen LogP contribution < -0.4 is 25.0 Å². The van der Waals surface area contributed by atoms with Gasteiger partial charge in [-0.25, -0.2) is 9.78 Å². The maximum atomic E-state index is 10.6. The Hall–Kier alpha value is -3.36. The number of fused-ring (bicyclic) bond motifs is 1. The molecule has 3 unspecified atom stereocenters. The van der Waals surface area contributed by atoms with E-state index >= 15 is 0 Å². The summed E-state index contributed by atoms with van der Waals surface area (Å²) in [6.45, 7) is 4.35. The third-order valence-electron chi connectivity index (χ3n) is 8.40. The quantitative estimate of drug-likeness (QED) is 0.405. The molecular formula is C29H38F3N5O5S. The number of anilines is 2. The van der Waals surface area contributed by atoms with E-state index < -0.39 is 12.1 Å². The Labute approximate surface area is 254 Å². The first-order valence-electron chi connectivity index (χ1n) is 14.1. The summed E-state index contributed by atoms with van der Waals surface area (Å²) in [5, 5.41) is 14.7. The van der Waals surface area contributed by atoms with Crippen LogP contribution in [0.15, 0.2) is 36.5 Å². The fraction of sp³-hybridized carbons (Fsp3) is 0.552. The van der Waals surface area contributed by atoms with Crippen molar-refractivity contribution >= 4 is 34.8 Å². The monoisotopic (exact) mass is 625 g/mol. The molecule has 43 heavy (non-hydrogen) atoms. The number of aromatic nitrogens is 1. The number of carboxylic acids is 1. The molecule has 236 valence electrons. The van der Waals surface area contributed by atoms with Crippen molar-refractivity contribution in [2.75, 3.05) is 64.3 Å². The molecule has 2 aromatic rings. The molecule has 1 aromatic heterocycles. The van der Waals surface area contributed by atoms with Gasteiger partial charge >= 0.3 is 12.1 Å². The van der Waals surface area contributed by atoms with Crippen molar-refractivity contribution in [3.05, 3.63) is 42.1 Å². The van der Waals surface area contributed by atoms with Crippen LogP contribution in [0.2, 0.25) is 0 Å².